The van der Waals surface area contributed by atoms with Crippen LogP contribution in [0, 0.1) is 5.41 Å². The Kier molecular flexibility index (Phi) is 6.23. The van der Waals surface area contributed by atoms with E-state index in [2.05, 4.69) is 28.2 Å². The highest BCUT2D eigenvalue weighted by Gasteiger charge is 2.22. The zero-order valence-electron chi connectivity index (χ0n) is 9.53. The average Bonchev–Trinajstić information content (AvgIpc) is 2.15. The molecule has 0 atom stereocenters. The molecule has 14 heavy (non-hydrogen) atoms. The number of rotatable bonds is 6. The second kappa shape index (κ2) is 6.62. The summed E-state index contributed by atoms with van der Waals surface area (Å²) in [7, 11) is 5.43. The summed E-state index contributed by atoms with van der Waals surface area (Å²) < 4.78 is 0. The van der Waals surface area contributed by atoms with Crippen molar-refractivity contribution in [3.63, 3.8) is 0 Å². The predicted molar refractivity (Wildman–Crippen MR) is 58.4 cm³/mol. The van der Waals surface area contributed by atoms with E-state index in [1.54, 1.807) is 7.05 Å². The van der Waals surface area contributed by atoms with Crippen molar-refractivity contribution in [2.75, 3.05) is 40.8 Å². The van der Waals surface area contributed by atoms with E-state index in [1.807, 2.05) is 14.1 Å². The number of carbonyl (C=O) groups excluding carboxylic acids is 1. The minimum Gasteiger partial charge on any atom is -0.341 e. The van der Waals surface area contributed by atoms with Gasteiger partial charge >= 0.3 is 6.03 Å². The Morgan fingerprint density at radius 2 is 1.57 bits per heavy atom. The molecule has 5 heteroatoms. The van der Waals surface area contributed by atoms with Gasteiger partial charge in [-0.3, -0.25) is 0 Å². The van der Waals surface area contributed by atoms with Gasteiger partial charge in [0.05, 0.1) is 0 Å². The van der Waals surface area contributed by atoms with Gasteiger partial charge in [-0.1, -0.05) is 6.92 Å². The lowest BCUT2D eigenvalue weighted by molar-refractivity contribution is 0.231. The van der Waals surface area contributed by atoms with Crippen LogP contribution in [0.15, 0.2) is 0 Å². The number of nitrogens with one attached hydrogen (secondary N) is 4. The smallest absolute Gasteiger partial charge is 0.314 e. The van der Waals surface area contributed by atoms with Gasteiger partial charge in [0.1, 0.15) is 0 Å². The first kappa shape index (κ1) is 13.2. The van der Waals surface area contributed by atoms with Gasteiger partial charge in [-0.2, -0.15) is 0 Å². The molecule has 0 saturated heterocycles. The Morgan fingerprint density at radius 1 is 1.07 bits per heavy atom. The highest BCUT2D eigenvalue weighted by atomic mass is 16.2. The van der Waals surface area contributed by atoms with Gasteiger partial charge < -0.3 is 21.3 Å². The van der Waals surface area contributed by atoms with E-state index in [1.165, 1.54) is 0 Å². The second-order valence-corrected chi connectivity index (χ2v) is 3.80. The molecule has 5 nitrogen and oxygen atoms in total. The molecule has 84 valence electrons. The normalized spacial score (nSPS) is 11.1. The van der Waals surface area contributed by atoms with E-state index in [0.717, 1.165) is 13.1 Å². The SMILES string of the molecule is CNCC(C)(CNC)CNC(=O)NC. The minimum atomic E-state index is -0.136. The molecule has 0 aliphatic heterocycles. The Morgan fingerprint density at radius 3 is 1.93 bits per heavy atom. The van der Waals surface area contributed by atoms with Crippen LogP contribution < -0.4 is 21.3 Å². The fourth-order valence-electron chi connectivity index (χ4n) is 1.42. The lowest BCUT2D eigenvalue weighted by Gasteiger charge is -2.29. The van der Waals surface area contributed by atoms with Crippen molar-refractivity contribution in [2.45, 2.75) is 6.92 Å². The maximum atomic E-state index is 11.0. The molecule has 0 spiro atoms. The van der Waals surface area contributed by atoms with Crippen LogP contribution in [-0.2, 0) is 0 Å². The van der Waals surface area contributed by atoms with Gasteiger partial charge in [0.15, 0.2) is 0 Å². The van der Waals surface area contributed by atoms with Crippen LogP contribution in [-0.4, -0.2) is 46.8 Å². The molecule has 0 fully saturated rings. The van der Waals surface area contributed by atoms with Crippen LogP contribution in [0.4, 0.5) is 4.79 Å². The van der Waals surface area contributed by atoms with Crippen molar-refractivity contribution < 1.29 is 4.79 Å². The van der Waals surface area contributed by atoms with E-state index in [-0.39, 0.29) is 11.4 Å². The Hall–Kier alpha value is -0.810. The summed E-state index contributed by atoms with van der Waals surface area (Å²) in [6.07, 6.45) is 0. The molecule has 0 rings (SSSR count). The van der Waals surface area contributed by atoms with Crippen molar-refractivity contribution >= 4 is 6.03 Å². The topological polar surface area (TPSA) is 65.2 Å². The van der Waals surface area contributed by atoms with Crippen LogP contribution in [0.2, 0.25) is 0 Å². The molecule has 4 N–H and O–H groups in total. The van der Waals surface area contributed by atoms with Gasteiger partial charge in [-0.05, 0) is 14.1 Å². The van der Waals surface area contributed by atoms with Crippen molar-refractivity contribution in [3.8, 4) is 0 Å². The first-order valence-electron chi connectivity index (χ1n) is 4.83. The van der Waals surface area contributed by atoms with Crippen molar-refractivity contribution in [3.05, 3.63) is 0 Å². The molecular weight excluding hydrogens is 180 g/mol. The third-order valence-electron chi connectivity index (χ3n) is 2.11. The maximum absolute atomic E-state index is 11.0. The first-order valence-corrected chi connectivity index (χ1v) is 4.83. The van der Waals surface area contributed by atoms with Crippen molar-refractivity contribution in [1.82, 2.24) is 21.3 Å². The lowest BCUT2D eigenvalue weighted by Crippen LogP contribution is -2.48. The summed E-state index contributed by atoms with van der Waals surface area (Å²) >= 11 is 0. The minimum absolute atomic E-state index is 0.0377. The fourth-order valence-corrected chi connectivity index (χ4v) is 1.42. The van der Waals surface area contributed by atoms with Gasteiger partial charge in [-0.25, -0.2) is 4.79 Å². The lowest BCUT2D eigenvalue weighted by atomic mass is 9.90. The molecule has 0 heterocycles. The molecule has 0 bridgehead atoms. The number of amides is 2. The van der Waals surface area contributed by atoms with Gasteiger partial charge in [0.2, 0.25) is 0 Å². The summed E-state index contributed by atoms with van der Waals surface area (Å²) in [5, 5.41) is 11.6. The number of carbonyl (C=O) groups is 1. The molecule has 0 saturated carbocycles. The van der Waals surface area contributed by atoms with Crippen LogP contribution in [0.1, 0.15) is 6.92 Å². The second-order valence-electron chi connectivity index (χ2n) is 3.80. The Labute approximate surface area is 86.0 Å². The van der Waals surface area contributed by atoms with Gasteiger partial charge in [0, 0.05) is 32.1 Å². The first-order chi connectivity index (χ1) is 6.58. The summed E-state index contributed by atoms with van der Waals surface area (Å²) in [4.78, 5) is 11.0. The average molecular weight is 202 g/mol. The molecule has 0 aromatic carbocycles. The highest BCUT2D eigenvalue weighted by Crippen LogP contribution is 2.11. The maximum Gasteiger partial charge on any atom is 0.314 e. The number of hydrogen-bond donors (Lipinski definition) is 4. The van der Waals surface area contributed by atoms with E-state index in [4.69, 9.17) is 0 Å². The van der Waals surface area contributed by atoms with Gasteiger partial charge in [0.25, 0.3) is 0 Å². The predicted octanol–water partition coefficient (Wildman–Crippen LogP) is -0.639. The van der Waals surface area contributed by atoms with Crippen LogP contribution in [0.5, 0.6) is 0 Å². The molecule has 2 amide bonds. The molecular formula is C9H22N4O. The van der Waals surface area contributed by atoms with E-state index < -0.39 is 0 Å². The van der Waals surface area contributed by atoms with Crippen LogP contribution in [0.25, 0.3) is 0 Å². The molecule has 0 aliphatic rings. The zero-order chi connectivity index (χ0) is 11.0. The van der Waals surface area contributed by atoms with Gasteiger partial charge in [-0.15, -0.1) is 0 Å². The van der Waals surface area contributed by atoms with E-state index >= 15 is 0 Å². The monoisotopic (exact) mass is 202 g/mol. The standard InChI is InChI=1S/C9H22N4O/c1-9(5-10-2,6-11-3)7-13-8(14)12-4/h10-11H,5-7H2,1-4H3,(H2,12,13,14). The third-order valence-corrected chi connectivity index (χ3v) is 2.11. The molecule has 0 aromatic rings. The third kappa shape index (κ3) is 5.04. The summed E-state index contributed by atoms with van der Waals surface area (Å²) in [6, 6.07) is -0.136. The largest absolute Gasteiger partial charge is 0.341 e. The molecule has 0 aliphatic carbocycles. The number of hydrogen-bond acceptors (Lipinski definition) is 3. The van der Waals surface area contributed by atoms with E-state index in [9.17, 15) is 4.79 Å². The highest BCUT2D eigenvalue weighted by molar-refractivity contribution is 5.73. The van der Waals surface area contributed by atoms with Crippen LogP contribution >= 0.6 is 0 Å². The Balaban J connectivity index is 4.01. The Bertz CT molecular complexity index is 166. The fraction of sp³-hybridized carbons (Fsp3) is 0.889. The zero-order valence-corrected chi connectivity index (χ0v) is 9.53. The summed E-state index contributed by atoms with van der Waals surface area (Å²) in [5.41, 5.74) is 0.0377. The summed E-state index contributed by atoms with van der Waals surface area (Å²) in [5.74, 6) is 0. The summed E-state index contributed by atoms with van der Waals surface area (Å²) in [6.45, 7) is 4.49. The molecule has 0 unspecified atom stereocenters. The number of urea groups is 1. The molecule has 0 radical (unpaired) electrons. The van der Waals surface area contributed by atoms with Crippen molar-refractivity contribution in [2.24, 2.45) is 5.41 Å². The van der Waals surface area contributed by atoms with Crippen molar-refractivity contribution in [1.29, 1.82) is 0 Å². The van der Waals surface area contributed by atoms with Crippen LogP contribution in [0.3, 0.4) is 0 Å². The quantitative estimate of drug-likeness (QED) is 0.463. The van der Waals surface area contributed by atoms with E-state index in [0.29, 0.717) is 6.54 Å². The molecule has 0 aromatic heterocycles.